The van der Waals surface area contributed by atoms with E-state index in [1.165, 1.54) is 0 Å². The maximum absolute atomic E-state index is 14.7. The first kappa shape index (κ1) is 24.9. The fourth-order valence-electron chi connectivity index (χ4n) is 3.96. The maximum Gasteiger partial charge on any atom is 0.416 e. The van der Waals surface area contributed by atoms with Crippen molar-refractivity contribution in [1.82, 2.24) is 15.3 Å². The highest BCUT2D eigenvalue weighted by Crippen LogP contribution is 2.51. The minimum absolute atomic E-state index is 0.0508. The number of carbonyl (C=O) groups is 1. The van der Waals surface area contributed by atoms with Crippen LogP contribution in [0.2, 0.25) is 0 Å². The van der Waals surface area contributed by atoms with E-state index in [4.69, 9.17) is 0 Å². The first-order chi connectivity index (χ1) is 16.2. The summed E-state index contributed by atoms with van der Waals surface area (Å²) in [5.41, 5.74) is -2.59. The molecule has 4 rings (SSSR count). The van der Waals surface area contributed by atoms with E-state index in [2.05, 4.69) is 20.0 Å². The van der Waals surface area contributed by atoms with Crippen molar-refractivity contribution in [2.45, 2.75) is 44.0 Å². The fourth-order valence-corrected chi connectivity index (χ4v) is 3.96. The molecule has 1 saturated heterocycles. The van der Waals surface area contributed by atoms with Crippen LogP contribution in [0.15, 0.2) is 24.4 Å². The Morgan fingerprint density at radius 3 is 2.49 bits per heavy atom. The molecule has 35 heavy (non-hydrogen) atoms. The third kappa shape index (κ3) is 4.70. The molecule has 1 unspecified atom stereocenters. The molecule has 2 aromatic rings. The van der Waals surface area contributed by atoms with Crippen molar-refractivity contribution in [3.05, 3.63) is 35.5 Å². The van der Waals surface area contributed by atoms with Crippen molar-refractivity contribution < 1.29 is 40.3 Å². The number of nitrogens with zero attached hydrogens (tertiary/aromatic N) is 3. The van der Waals surface area contributed by atoms with Crippen molar-refractivity contribution in [3.8, 4) is 11.3 Å². The molecule has 2 N–H and O–H groups in total. The van der Waals surface area contributed by atoms with E-state index in [-0.39, 0.29) is 24.3 Å². The number of carbonyl (C=O) groups excluding carboxylic acids is 1. The monoisotopic (exact) mass is 507 g/mol. The standard InChI is InChI=1S/C21H20F7N5O2/c1-10-9-33(6-5-29-10)14-8-11(21(26,27)28)7-13(31-14)12-3-4-30-17-15(12)16(35-18(34)32-17)20(24,25)19(2,22)23/h3-4,7-8,10,16,29H,5-6,9H2,1-2H3,(H,30,32,34)/t10-,16?/m0/s1. The van der Waals surface area contributed by atoms with Crippen molar-refractivity contribution >= 4 is 17.7 Å². The second-order valence-electron chi connectivity index (χ2n) is 8.44. The largest absolute Gasteiger partial charge is 0.434 e. The van der Waals surface area contributed by atoms with Crippen LogP contribution < -0.4 is 15.5 Å². The molecule has 7 nitrogen and oxygen atoms in total. The van der Waals surface area contributed by atoms with E-state index in [0.29, 0.717) is 25.7 Å². The Balaban J connectivity index is 1.92. The molecule has 1 fully saturated rings. The Kier molecular flexibility index (Phi) is 6.06. The highest BCUT2D eigenvalue weighted by atomic mass is 19.4. The molecule has 0 bridgehead atoms. The lowest BCUT2D eigenvalue weighted by Gasteiger charge is -2.35. The van der Waals surface area contributed by atoms with Crippen LogP contribution in [0, 0.1) is 0 Å². The number of halogens is 7. The highest BCUT2D eigenvalue weighted by molar-refractivity contribution is 5.89. The fraction of sp³-hybridized carbons (Fsp3) is 0.476. The van der Waals surface area contributed by atoms with Gasteiger partial charge in [-0.25, -0.2) is 23.5 Å². The van der Waals surface area contributed by atoms with E-state index >= 15 is 0 Å². The Bertz CT molecular complexity index is 1140. The van der Waals surface area contributed by atoms with E-state index in [1.54, 1.807) is 4.90 Å². The second kappa shape index (κ2) is 8.50. The van der Waals surface area contributed by atoms with Crippen LogP contribution in [-0.2, 0) is 10.9 Å². The van der Waals surface area contributed by atoms with E-state index in [0.717, 1.165) is 18.3 Å². The number of amides is 1. The average Bonchev–Trinajstić information content (AvgIpc) is 2.76. The summed E-state index contributed by atoms with van der Waals surface area (Å²) in [5, 5.41) is 5.18. The first-order valence-electron chi connectivity index (χ1n) is 10.5. The summed E-state index contributed by atoms with van der Waals surface area (Å²) < 4.78 is 103. The highest BCUT2D eigenvalue weighted by Gasteiger charge is 2.62. The third-order valence-electron chi connectivity index (χ3n) is 5.72. The summed E-state index contributed by atoms with van der Waals surface area (Å²) in [6, 6.07) is 2.46. The van der Waals surface area contributed by atoms with Gasteiger partial charge in [-0.3, -0.25) is 5.32 Å². The molecule has 14 heteroatoms. The van der Waals surface area contributed by atoms with Gasteiger partial charge in [0.25, 0.3) is 0 Å². The number of pyridine rings is 2. The summed E-state index contributed by atoms with van der Waals surface area (Å²) >= 11 is 0. The zero-order chi connectivity index (χ0) is 25.8. The van der Waals surface area contributed by atoms with Gasteiger partial charge in [0.2, 0.25) is 6.10 Å². The van der Waals surface area contributed by atoms with E-state index < -0.39 is 52.9 Å². The lowest BCUT2D eigenvalue weighted by Crippen LogP contribution is -2.49. The van der Waals surface area contributed by atoms with Gasteiger partial charge in [-0.2, -0.15) is 22.0 Å². The predicted octanol–water partition coefficient (Wildman–Crippen LogP) is 4.85. The molecule has 0 saturated carbocycles. The molecule has 4 heterocycles. The Morgan fingerprint density at radius 1 is 1.14 bits per heavy atom. The number of fused-ring (bicyclic) bond motifs is 1. The zero-order valence-corrected chi connectivity index (χ0v) is 18.4. The summed E-state index contributed by atoms with van der Waals surface area (Å²) in [7, 11) is 0. The van der Waals surface area contributed by atoms with Crippen LogP contribution in [0.25, 0.3) is 11.3 Å². The number of ether oxygens (including phenoxy) is 1. The van der Waals surface area contributed by atoms with Crippen molar-refractivity contribution in [3.63, 3.8) is 0 Å². The minimum Gasteiger partial charge on any atom is -0.434 e. The Hall–Kier alpha value is -3.16. The summed E-state index contributed by atoms with van der Waals surface area (Å²) in [6.07, 6.45) is -8.06. The van der Waals surface area contributed by atoms with Crippen LogP contribution in [0.4, 0.5) is 47.2 Å². The molecule has 0 radical (unpaired) electrons. The number of rotatable bonds is 4. The number of anilines is 2. The van der Waals surface area contributed by atoms with Crippen LogP contribution in [0.3, 0.4) is 0 Å². The first-order valence-corrected chi connectivity index (χ1v) is 10.5. The van der Waals surface area contributed by atoms with Gasteiger partial charge in [0, 0.05) is 44.4 Å². The molecule has 2 atom stereocenters. The lowest BCUT2D eigenvalue weighted by molar-refractivity contribution is -0.245. The molecule has 2 aromatic heterocycles. The molecule has 1 amide bonds. The quantitative estimate of drug-likeness (QED) is 0.576. The normalized spacial score (nSPS) is 21.3. The molecule has 2 aliphatic heterocycles. The molecule has 0 spiro atoms. The molecular formula is C21H20F7N5O2. The van der Waals surface area contributed by atoms with Gasteiger partial charge >= 0.3 is 24.1 Å². The topological polar surface area (TPSA) is 79.4 Å². The van der Waals surface area contributed by atoms with Gasteiger partial charge in [-0.05, 0) is 25.1 Å². The van der Waals surface area contributed by atoms with Gasteiger partial charge < -0.3 is 15.0 Å². The van der Waals surface area contributed by atoms with E-state index in [9.17, 15) is 35.5 Å². The summed E-state index contributed by atoms with van der Waals surface area (Å²) in [6.45, 7) is 2.90. The molecule has 190 valence electrons. The van der Waals surface area contributed by atoms with Gasteiger partial charge in [0.1, 0.15) is 11.6 Å². The van der Waals surface area contributed by atoms with Crippen LogP contribution in [0.5, 0.6) is 0 Å². The lowest BCUT2D eigenvalue weighted by atomic mass is 9.92. The number of hydrogen-bond acceptors (Lipinski definition) is 6. The third-order valence-corrected chi connectivity index (χ3v) is 5.72. The van der Waals surface area contributed by atoms with Crippen molar-refractivity contribution in [2.75, 3.05) is 29.9 Å². The van der Waals surface area contributed by atoms with Crippen LogP contribution >= 0.6 is 0 Å². The van der Waals surface area contributed by atoms with Gasteiger partial charge in [-0.15, -0.1) is 0 Å². The maximum atomic E-state index is 14.7. The minimum atomic E-state index is -4.91. The van der Waals surface area contributed by atoms with Crippen LogP contribution in [0.1, 0.15) is 31.1 Å². The van der Waals surface area contributed by atoms with Crippen LogP contribution in [-0.4, -0.2) is 53.6 Å². The smallest absolute Gasteiger partial charge is 0.416 e. The van der Waals surface area contributed by atoms with E-state index in [1.807, 2.05) is 12.2 Å². The number of cyclic esters (lactones) is 1. The number of nitrogens with one attached hydrogen (secondary N) is 2. The number of hydrogen-bond donors (Lipinski definition) is 2. The molecular weight excluding hydrogens is 487 g/mol. The van der Waals surface area contributed by atoms with Gasteiger partial charge in [0.05, 0.1) is 16.8 Å². The predicted molar refractivity (Wildman–Crippen MR) is 111 cm³/mol. The van der Waals surface area contributed by atoms with Crippen molar-refractivity contribution in [2.24, 2.45) is 0 Å². The molecule has 2 aliphatic rings. The summed E-state index contributed by atoms with van der Waals surface area (Å²) in [5.74, 6) is -10.2. The second-order valence-corrected chi connectivity index (χ2v) is 8.44. The Morgan fingerprint density at radius 2 is 1.86 bits per heavy atom. The average molecular weight is 507 g/mol. The number of aromatic nitrogens is 2. The molecule has 0 aromatic carbocycles. The zero-order valence-electron chi connectivity index (χ0n) is 18.4. The molecule has 0 aliphatic carbocycles. The summed E-state index contributed by atoms with van der Waals surface area (Å²) in [4.78, 5) is 21.4. The van der Waals surface area contributed by atoms with Gasteiger partial charge in [-0.1, -0.05) is 0 Å². The SMILES string of the molecule is C[C@H]1CN(c2cc(C(F)(F)F)cc(-c3ccnc4c3C(C(F)(F)C(C)(F)F)OC(=O)N4)n2)CCN1. The Labute approximate surface area is 194 Å². The number of alkyl halides is 7. The van der Waals surface area contributed by atoms with Gasteiger partial charge in [0.15, 0.2) is 0 Å². The van der Waals surface area contributed by atoms with Crippen molar-refractivity contribution in [1.29, 1.82) is 0 Å². The number of piperazine rings is 1.